The molecule has 0 saturated carbocycles. The van der Waals surface area contributed by atoms with Crippen LogP contribution in [0.15, 0.2) is 0 Å². The van der Waals surface area contributed by atoms with Gasteiger partial charge in [0.15, 0.2) is 0 Å². The van der Waals surface area contributed by atoms with Gasteiger partial charge in [0.2, 0.25) is 5.91 Å². The van der Waals surface area contributed by atoms with Crippen LogP contribution >= 0.6 is 0 Å². The van der Waals surface area contributed by atoms with Gasteiger partial charge in [-0.3, -0.25) is 4.79 Å². The smallest absolute Gasteiger partial charge is 0.250 e. The normalized spacial score (nSPS) is 16.4. The average molecular weight is 205 g/mol. The number of hydrogen-bond donors (Lipinski definition) is 4. The van der Waals surface area contributed by atoms with Gasteiger partial charge in [-0.15, -0.1) is 0 Å². The Morgan fingerprint density at radius 3 is 2.14 bits per heavy atom. The Kier molecular flexibility index (Phi) is 4.51. The van der Waals surface area contributed by atoms with E-state index in [1.807, 2.05) is 0 Å². The first-order valence-corrected chi connectivity index (χ1v) is 4.56. The Morgan fingerprint density at radius 2 is 1.86 bits per heavy atom. The second kappa shape index (κ2) is 4.72. The van der Waals surface area contributed by atoms with Crippen LogP contribution in [0.25, 0.3) is 0 Å². The van der Waals surface area contributed by atoms with Gasteiger partial charge in [-0.2, -0.15) is 0 Å². The van der Waals surface area contributed by atoms with Crippen molar-refractivity contribution in [3.05, 3.63) is 0 Å². The van der Waals surface area contributed by atoms with Crippen LogP contribution < -0.4 is 5.73 Å². The zero-order valence-electron chi connectivity index (χ0n) is 8.66. The maximum Gasteiger partial charge on any atom is 0.250 e. The lowest BCUT2D eigenvalue weighted by atomic mass is 9.72. The molecule has 0 bridgehead atoms. The lowest BCUT2D eigenvalue weighted by molar-refractivity contribution is -0.156. The molecule has 0 aliphatic heterocycles. The number of nitrogens with two attached hydrogens (primary N) is 1. The summed E-state index contributed by atoms with van der Waals surface area (Å²) in [5.41, 5.74) is 2.31. The van der Waals surface area contributed by atoms with Crippen molar-refractivity contribution in [1.82, 2.24) is 0 Å². The first-order chi connectivity index (χ1) is 6.31. The van der Waals surface area contributed by atoms with Crippen LogP contribution in [0.5, 0.6) is 0 Å². The van der Waals surface area contributed by atoms with Crippen LogP contribution in [0.4, 0.5) is 0 Å². The van der Waals surface area contributed by atoms with E-state index in [1.54, 1.807) is 13.8 Å². The molecule has 0 aromatic heterocycles. The summed E-state index contributed by atoms with van der Waals surface area (Å²) in [5.74, 6) is -0.870. The maximum atomic E-state index is 11.1. The number of carbonyl (C=O) groups is 1. The van der Waals surface area contributed by atoms with E-state index in [0.29, 0.717) is 0 Å². The number of aliphatic hydroxyl groups excluding tert-OH is 2. The van der Waals surface area contributed by atoms with Gasteiger partial charge in [0.05, 0.1) is 6.61 Å². The Balaban J connectivity index is 4.80. The van der Waals surface area contributed by atoms with Crippen molar-refractivity contribution < 1.29 is 20.1 Å². The minimum Gasteiger partial charge on any atom is -0.396 e. The van der Waals surface area contributed by atoms with Gasteiger partial charge in [-0.05, 0) is 12.8 Å². The van der Waals surface area contributed by atoms with Crippen molar-refractivity contribution in [2.75, 3.05) is 13.2 Å². The maximum absolute atomic E-state index is 11.1. The summed E-state index contributed by atoms with van der Waals surface area (Å²) in [5, 5.41) is 27.7. The second-order valence-electron chi connectivity index (χ2n) is 4.09. The SMILES string of the molecule is CC(C)(CO)C(O)(CCCO)C(N)=O. The largest absolute Gasteiger partial charge is 0.396 e. The van der Waals surface area contributed by atoms with E-state index in [9.17, 15) is 9.90 Å². The van der Waals surface area contributed by atoms with Crippen LogP contribution in [0.1, 0.15) is 26.7 Å². The summed E-state index contributed by atoms with van der Waals surface area (Å²) in [7, 11) is 0. The van der Waals surface area contributed by atoms with E-state index in [1.165, 1.54) is 0 Å². The van der Waals surface area contributed by atoms with Gasteiger partial charge >= 0.3 is 0 Å². The molecule has 0 spiro atoms. The van der Waals surface area contributed by atoms with E-state index in [0.717, 1.165) is 0 Å². The molecule has 0 heterocycles. The third-order valence-corrected chi connectivity index (χ3v) is 2.62. The molecule has 1 atom stereocenters. The van der Waals surface area contributed by atoms with Gasteiger partial charge in [0.1, 0.15) is 5.60 Å². The number of rotatable bonds is 6. The molecule has 0 aromatic carbocycles. The molecule has 0 aromatic rings. The molecule has 0 rings (SSSR count). The Labute approximate surface area is 83.5 Å². The summed E-state index contributed by atoms with van der Waals surface area (Å²) in [6.45, 7) is 2.62. The molecule has 14 heavy (non-hydrogen) atoms. The number of carbonyl (C=O) groups excluding carboxylic acids is 1. The van der Waals surface area contributed by atoms with E-state index in [2.05, 4.69) is 0 Å². The summed E-state index contributed by atoms with van der Waals surface area (Å²) in [6, 6.07) is 0. The standard InChI is InChI=1S/C9H19NO4/c1-8(2,6-12)9(14,7(10)13)4-3-5-11/h11-12,14H,3-6H2,1-2H3,(H2,10,13). The van der Waals surface area contributed by atoms with Crippen molar-refractivity contribution in [1.29, 1.82) is 0 Å². The highest BCUT2D eigenvalue weighted by atomic mass is 16.3. The van der Waals surface area contributed by atoms with Gasteiger partial charge in [-0.25, -0.2) is 0 Å². The van der Waals surface area contributed by atoms with Crippen LogP contribution in [0.2, 0.25) is 0 Å². The van der Waals surface area contributed by atoms with Crippen LogP contribution in [-0.4, -0.2) is 40.0 Å². The fourth-order valence-electron chi connectivity index (χ4n) is 1.26. The van der Waals surface area contributed by atoms with Crippen LogP contribution in [-0.2, 0) is 4.79 Å². The predicted molar refractivity (Wildman–Crippen MR) is 51.3 cm³/mol. The van der Waals surface area contributed by atoms with E-state index >= 15 is 0 Å². The Bertz CT molecular complexity index is 205. The molecule has 1 unspecified atom stereocenters. The van der Waals surface area contributed by atoms with Crippen molar-refractivity contribution in [2.24, 2.45) is 11.1 Å². The topological polar surface area (TPSA) is 104 Å². The summed E-state index contributed by atoms with van der Waals surface area (Å²) in [4.78, 5) is 11.1. The van der Waals surface area contributed by atoms with Crippen molar-refractivity contribution in [3.63, 3.8) is 0 Å². The van der Waals surface area contributed by atoms with Gasteiger partial charge in [0, 0.05) is 12.0 Å². The molecule has 1 amide bonds. The molecular formula is C9H19NO4. The summed E-state index contributed by atoms with van der Waals surface area (Å²) < 4.78 is 0. The minimum absolute atomic E-state index is 0.0480. The van der Waals surface area contributed by atoms with Crippen LogP contribution in [0, 0.1) is 5.41 Å². The molecule has 5 heteroatoms. The number of primary amides is 1. The molecule has 0 aliphatic rings. The second-order valence-corrected chi connectivity index (χ2v) is 4.09. The highest BCUT2D eigenvalue weighted by Gasteiger charge is 2.47. The van der Waals surface area contributed by atoms with Crippen molar-refractivity contribution in [3.8, 4) is 0 Å². The molecule has 0 saturated heterocycles. The number of aliphatic hydroxyl groups is 3. The quantitative estimate of drug-likeness (QED) is 0.446. The van der Waals surface area contributed by atoms with Gasteiger partial charge in [0.25, 0.3) is 0 Å². The molecule has 0 radical (unpaired) electrons. The molecule has 0 fully saturated rings. The lowest BCUT2D eigenvalue weighted by Crippen LogP contribution is -2.56. The third kappa shape index (κ3) is 2.43. The third-order valence-electron chi connectivity index (χ3n) is 2.62. The zero-order chi connectivity index (χ0) is 11.4. The Morgan fingerprint density at radius 1 is 1.36 bits per heavy atom. The van der Waals surface area contributed by atoms with E-state index in [-0.39, 0.29) is 26.1 Å². The fourth-order valence-corrected chi connectivity index (χ4v) is 1.26. The molecule has 5 N–H and O–H groups in total. The monoisotopic (exact) mass is 205 g/mol. The van der Waals surface area contributed by atoms with E-state index in [4.69, 9.17) is 15.9 Å². The van der Waals surface area contributed by atoms with E-state index < -0.39 is 16.9 Å². The minimum atomic E-state index is -1.77. The average Bonchev–Trinajstić information content (AvgIpc) is 2.13. The number of hydrogen-bond acceptors (Lipinski definition) is 4. The van der Waals surface area contributed by atoms with Crippen LogP contribution in [0.3, 0.4) is 0 Å². The summed E-state index contributed by atoms with van der Waals surface area (Å²) >= 11 is 0. The first-order valence-electron chi connectivity index (χ1n) is 4.56. The molecule has 0 aliphatic carbocycles. The zero-order valence-corrected chi connectivity index (χ0v) is 8.66. The highest BCUT2D eigenvalue weighted by molar-refractivity contribution is 5.84. The molecule has 5 nitrogen and oxygen atoms in total. The van der Waals surface area contributed by atoms with Gasteiger partial charge < -0.3 is 21.1 Å². The fraction of sp³-hybridized carbons (Fsp3) is 0.889. The first kappa shape index (κ1) is 13.4. The molecule has 84 valence electrons. The predicted octanol–water partition coefficient (Wildman–Crippen LogP) is -1.01. The molecular weight excluding hydrogens is 186 g/mol. The van der Waals surface area contributed by atoms with Crippen molar-refractivity contribution in [2.45, 2.75) is 32.3 Å². The Hall–Kier alpha value is -0.650. The summed E-state index contributed by atoms with van der Waals surface area (Å²) in [6.07, 6.45) is 0.315. The lowest BCUT2D eigenvalue weighted by Gasteiger charge is -2.38. The highest BCUT2D eigenvalue weighted by Crippen LogP contribution is 2.34. The van der Waals surface area contributed by atoms with Crippen molar-refractivity contribution >= 4 is 5.91 Å². The van der Waals surface area contributed by atoms with Gasteiger partial charge in [-0.1, -0.05) is 13.8 Å². The number of amides is 1.